The number of aromatic nitrogens is 2. The summed E-state index contributed by atoms with van der Waals surface area (Å²) in [5, 5.41) is 0. The molecule has 0 bridgehead atoms. The van der Waals surface area contributed by atoms with E-state index in [0.29, 0.717) is 0 Å². The molecule has 2 rings (SSSR count). The molecule has 1 heterocycles. The first kappa shape index (κ1) is 10.3. The molecule has 1 aromatic carbocycles. The molecule has 0 spiro atoms. The highest BCUT2D eigenvalue weighted by molar-refractivity contribution is 9.10. The largest absolute Gasteiger partial charge is 0.320 e. The zero-order chi connectivity index (χ0) is 10.7. The third-order valence-corrected chi connectivity index (χ3v) is 2.90. The Morgan fingerprint density at radius 3 is 2.47 bits per heavy atom. The lowest BCUT2D eigenvalue weighted by atomic mass is 10.0. The van der Waals surface area contributed by atoms with E-state index in [1.807, 2.05) is 24.3 Å². The minimum absolute atomic E-state index is 0.193. The fraction of sp³-hybridized carbons (Fsp3) is 0.0909. The lowest BCUT2D eigenvalue weighted by molar-refractivity contribution is 0.846. The van der Waals surface area contributed by atoms with Crippen molar-refractivity contribution in [3.05, 3.63) is 58.6 Å². The second kappa shape index (κ2) is 4.51. The summed E-state index contributed by atoms with van der Waals surface area (Å²) in [6.45, 7) is 0. The van der Waals surface area contributed by atoms with E-state index in [1.165, 1.54) is 6.33 Å². The van der Waals surface area contributed by atoms with E-state index in [0.717, 1.165) is 15.6 Å². The number of nitrogens with two attached hydrogens (primary N) is 1. The van der Waals surface area contributed by atoms with Crippen LogP contribution in [0.3, 0.4) is 0 Å². The van der Waals surface area contributed by atoms with Gasteiger partial charge in [-0.25, -0.2) is 9.97 Å². The molecule has 0 radical (unpaired) electrons. The molecule has 0 aliphatic rings. The van der Waals surface area contributed by atoms with Crippen molar-refractivity contribution >= 4 is 15.9 Å². The average Bonchev–Trinajstić information content (AvgIpc) is 2.30. The Hall–Kier alpha value is -1.26. The lowest BCUT2D eigenvalue weighted by Gasteiger charge is -2.12. The zero-order valence-electron chi connectivity index (χ0n) is 7.97. The maximum absolute atomic E-state index is 6.11. The molecule has 0 fully saturated rings. The van der Waals surface area contributed by atoms with Crippen molar-refractivity contribution in [3.63, 3.8) is 0 Å². The Bertz CT molecular complexity index is 445. The molecular weight excluding hydrogens is 254 g/mol. The first-order chi connectivity index (χ1) is 7.29. The average molecular weight is 264 g/mol. The summed E-state index contributed by atoms with van der Waals surface area (Å²) in [4.78, 5) is 7.91. The van der Waals surface area contributed by atoms with Gasteiger partial charge < -0.3 is 5.73 Å². The van der Waals surface area contributed by atoms with E-state index in [9.17, 15) is 0 Å². The summed E-state index contributed by atoms with van der Waals surface area (Å²) >= 11 is 3.47. The van der Waals surface area contributed by atoms with Gasteiger partial charge in [-0.2, -0.15) is 0 Å². The molecule has 3 nitrogen and oxygen atoms in total. The fourth-order valence-electron chi connectivity index (χ4n) is 1.38. The SMILES string of the molecule is NC(c1cncnc1)c1ccccc1Br. The Kier molecular flexibility index (Phi) is 3.08. The Labute approximate surface area is 96.5 Å². The normalized spacial score (nSPS) is 12.4. The smallest absolute Gasteiger partial charge is 0.115 e. The molecule has 0 aliphatic heterocycles. The molecule has 4 heteroatoms. The van der Waals surface area contributed by atoms with Crippen LogP contribution in [0.2, 0.25) is 0 Å². The third-order valence-electron chi connectivity index (χ3n) is 2.18. The molecule has 1 atom stereocenters. The molecule has 0 amide bonds. The molecule has 0 saturated carbocycles. The number of nitrogens with zero attached hydrogens (tertiary/aromatic N) is 2. The highest BCUT2D eigenvalue weighted by Crippen LogP contribution is 2.25. The third kappa shape index (κ3) is 2.22. The minimum atomic E-state index is -0.193. The maximum Gasteiger partial charge on any atom is 0.115 e. The highest BCUT2D eigenvalue weighted by atomic mass is 79.9. The second-order valence-electron chi connectivity index (χ2n) is 3.17. The van der Waals surface area contributed by atoms with Gasteiger partial charge in [0.15, 0.2) is 0 Å². The van der Waals surface area contributed by atoms with E-state index in [4.69, 9.17) is 5.73 Å². The van der Waals surface area contributed by atoms with Crippen LogP contribution in [0.1, 0.15) is 17.2 Å². The predicted molar refractivity (Wildman–Crippen MR) is 62.2 cm³/mol. The summed E-state index contributed by atoms with van der Waals surface area (Å²) in [5.41, 5.74) is 8.05. The summed E-state index contributed by atoms with van der Waals surface area (Å²) < 4.78 is 1.00. The quantitative estimate of drug-likeness (QED) is 0.905. The number of hydrogen-bond acceptors (Lipinski definition) is 3. The van der Waals surface area contributed by atoms with Gasteiger partial charge >= 0.3 is 0 Å². The predicted octanol–water partition coefficient (Wildman–Crippen LogP) is 2.29. The van der Waals surface area contributed by atoms with Crippen molar-refractivity contribution < 1.29 is 0 Å². The molecule has 1 aromatic heterocycles. The Morgan fingerprint density at radius 1 is 1.13 bits per heavy atom. The van der Waals surface area contributed by atoms with Gasteiger partial charge in [0.1, 0.15) is 6.33 Å². The van der Waals surface area contributed by atoms with Gasteiger partial charge in [-0.3, -0.25) is 0 Å². The van der Waals surface area contributed by atoms with Crippen LogP contribution in [0.4, 0.5) is 0 Å². The van der Waals surface area contributed by atoms with Crippen LogP contribution in [0.15, 0.2) is 47.5 Å². The number of hydrogen-bond donors (Lipinski definition) is 1. The van der Waals surface area contributed by atoms with Crippen molar-refractivity contribution in [1.82, 2.24) is 9.97 Å². The van der Waals surface area contributed by atoms with E-state index >= 15 is 0 Å². The van der Waals surface area contributed by atoms with Gasteiger partial charge in [-0.15, -0.1) is 0 Å². The van der Waals surface area contributed by atoms with Crippen LogP contribution >= 0.6 is 15.9 Å². The van der Waals surface area contributed by atoms with E-state index < -0.39 is 0 Å². The van der Waals surface area contributed by atoms with E-state index in [1.54, 1.807) is 12.4 Å². The summed E-state index contributed by atoms with van der Waals surface area (Å²) in [6.07, 6.45) is 4.96. The number of halogens is 1. The van der Waals surface area contributed by atoms with Crippen molar-refractivity contribution in [2.45, 2.75) is 6.04 Å². The van der Waals surface area contributed by atoms with Crippen molar-refractivity contribution in [2.24, 2.45) is 5.73 Å². The Balaban J connectivity index is 2.37. The fourth-order valence-corrected chi connectivity index (χ4v) is 1.91. The standard InChI is InChI=1S/C11H10BrN3/c12-10-4-2-1-3-9(10)11(13)8-5-14-7-15-6-8/h1-7,11H,13H2. The van der Waals surface area contributed by atoms with Gasteiger partial charge in [-0.1, -0.05) is 34.1 Å². The van der Waals surface area contributed by atoms with Gasteiger partial charge in [-0.05, 0) is 11.6 Å². The van der Waals surface area contributed by atoms with Gasteiger partial charge in [0, 0.05) is 22.4 Å². The van der Waals surface area contributed by atoms with Crippen LogP contribution in [0.25, 0.3) is 0 Å². The molecule has 15 heavy (non-hydrogen) atoms. The monoisotopic (exact) mass is 263 g/mol. The highest BCUT2D eigenvalue weighted by Gasteiger charge is 2.11. The van der Waals surface area contributed by atoms with Crippen molar-refractivity contribution in [1.29, 1.82) is 0 Å². The number of benzene rings is 1. The molecule has 2 N–H and O–H groups in total. The Morgan fingerprint density at radius 2 is 1.80 bits per heavy atom. The van der Waals surface area contributed by atoms with E-state index in [2.05, 4.69) is 25.9 Å². The number of rotatable bonds is 2. The van der Waals surface area contributed by atoms with Crippen LogP contribution in [-0.4, -0.2) is 9.97 Å². The molecular formula is C11H10BrN3. The topological polar surface area (TPSA) is 51.8 Å². The van der Waals surface area contributed by atoms with E-state index in [-0.39, 0.29) is 6.04 Å². The van der Waals surface area contributed by atoms with Gasteiger partial charge in [0.05, 0.1) is 6.04 Å². The summed E-state index contributed by atoms with van der Waals surface area (Å²) in [7, 11) is 0. The zero-order valence-corrected chi connectivity index (χ0v) is 9.55. The van der Waals surface area contributed by atoms with Crippen LogP contribution in [-0.2, 0) is 0 Å². The van der Waals surface area contributed by atoms with Gasteiger partial charge in [0.25, 0.3) is 0 Å². The lowest BCUT2D eigenvalue weighted by Crippen LogP contribution is -2.12. The summed E-state index contributed by atoms with van der Waals surface area (Å²) in [5.74, 6) is 0. The van der Waals surface area contributed by atoms with Crippen LogP contribution in [0, 0.1) is 0 Å². The molecule has 1 unspecified atom stereocenters. The maximum atomic E-state index is 6.11. The first-order valence-electron chi connectivity index (χ1n) is 4.54. The molecule has 2 aromatic rings. The van der Waals surface area contributed by atoms with Crippen LogP contribution in [0.5, 0.6) is 0 Å². The van der Waals surface area contributed by atoms with Crippen LogP contribution < -0.4 is 5.73 Å². The first-order valence-corrected chi connectivity index (χ1v) is 5.33. The second-order valence-corrected chi connectivity index (χ2v) is 4.03. The summed E-state index contributed by atoms with van der Waals surface area (Å²) in [6, 6.07) is 7.69. The minimum Gasteiger partial charge on any atom is -0.320 e. The molecule has 0 saturated heterocycles. The van der Waals surface area contributed by atoms with Gasteiger partial charge in [0.2, 0.25) is 0 Å². The van der Waals surface area contributed by atoms with Crippen molar-refractivity contribution in [3.8, 4) is 0 Å². The molecule has 0 aliphatic carbocycles. The molecule has 76 valence electrons. The van der Waals surface area contributed by atoms with Crippen molar-refractivity contribution in [2.75, 3.05) is 0 Å².